The molecule has 17 heavy (non-hydrogen) atoms. The van der Waals surface area contributed by atoms with E-state index in [9.17, 15) is 4.79 Å². The number of rotatable bonds is 5. The van der Waals surface area contributed by atoms with Gasteiger partial charge in [0.25, 0.3) is 0 Å². The Hall–Kier alpha value is -1.36. The minimum atomic E-state index is -0.328. The summed E-state index contributed by atoms with van der Waals surface area (Å²) in [4.78, 5) is 13.7. The summed E-state index contributed by atoms with van der Waals surface area (Å²) in [6.07, 6.45) is 0. The fourth-order valence-electron chi connectivity index (χ4n) is 1.49. The Morgan fingerprint density at radius 1 is 1.41 bits per heavy atom. The second-order valence-corrected chi connectivity index (χ2v) is 4.01. The number of likely N-dealkylation sites (N-methyl/N-ethyl adjacent to an activating group) is 1. The lowest BCUT2D eigenvalue weighted by atomic mass is 10.2. The third-order valence-corrected chi connectivity index (χ3v) is 2.64. The second-order valence-electron chi connectivity index (χ2n) is 3.62. The van der Waals surface area contributed by atoms with Gasteiger partial charge >= 0.3 is 0 Å². The number of nitrogens with zero attached hydrogens (tertiary/aromatic N) is 3. The number of carbonyl (C=O) groups is 1. The van der Waals surface area contributed by atoms with Gasteiger partial charge in [-0.1, -0.05) is 11.6 Å². The van der Waals surface area contributed by atoms with Crippen molar-refractivity contribution in [3.8, 4) is 0 Å². The fraction of sp³-hybridized carbons (Fsp3) is 0.545. The summed E-state index contributed by atoms with van der Waals surface area (Å²) >= 11 is 5.63. The maximum atomic E-state index is 12.0. The zero-order chi connectivity index (χ0) is 12.8. The molecule has 0 bridgehead atoms. The zero-order valence-electron chi connectivity index (χ0n) is 10.3. The maximum Gasteiger partial charge on any atom is 0.244 e. The van der Waals surface area contributed by atoms with Crippen molar-refractivity contribution in [1.29, 1.82) is 0 Å². The highest BCUT2D eigenvalue weighted by Gasteiger charge is 2.18. The van der Waals surface area contributed by atoms with Crippen LogP contribution >= 0.6 is 11.6 Å². The summed E-state index contributed by atoms with van der Waals surface area (Å²) in [7, 11) is 0. The lowest BCUT2D eigenvalue weighted by Gasteiger charge is -2.23. The fourth-order valence-corrected chi connectivity index (χ4v) is 1.59. The number of nitrogens with one attached hydrogen (secondary N) is 1. The standard InChI is InChI=1S/C11H17ClN4O/c1-4-16(5-2)11(17)8(3)13-10-7-6-9(12)14-15-10/h6-8H,4-5H2,1-3H3,(H,13,15). The van der Waals surface area contributed by atoms with E-state index in [2.05, 4.69) is 15.5 Å². The Labute approximate surface area is 106 Å². The van der Waals surface area contributed by atoms with E-state index in [1.165, 1.54) is 0 Å². The highest BCUT2D eigenvalue weighted by molar-refractivity contribution is 6.29. The predicted molar refractivity (Wildman–Crippen MR) is 68.1 cm³/mol. The molecule has 1 atom stereocenters. The third-order valence-electron chi connectivity index (χ3n) is 2.44. The lowest BCUT2D eigenvalue weighted by Crippen LogP contribution is -2.41. The third kappa shape index (κ3) is 3.85. The second kappa shape index (κ2) is 6.39. The van der Waals surface area contributed by atoms with Gasteiger partial charge in [-0.2, -0.15) is 0 Å². The number of hydrogen-bond acceptors (Lipinski definition) is 4. The Morgan fingerprint density at radius 2 is 2.06 bits per heavy atom. The molecule has 0 saturated heterocycles. The first-order valence-corrected chi connectivity index (χ1v) is 6.00. The van der Waals surface area contributed by atoms with Gasteiger partial charge in [0.1, 0.15) is 11.9 Å². The first-order chi connectivity index (χ1) is 8.08. The molecule has 6 heteroatoms. The van der Waals surface area contributed by atoms with Gasteiger partial charge in [0, 0.05) is 13.1 Å². The van der Waals surface area contributed by atoms with Crippen molar-refractivity contribution in [2.45, 2.75) is 26.8 Å². The van der Waals surface area contributed by atoms with E-state index < -0.39 is 0 Å². The van der Waals surface area contributed by atoms with Crippen LogP contribution in [0, 0.1) is 0 Å². The Morgan fingerprint density at radius 3 is 2.53 bits per heavy atom. The quantitative estimate of drug-likeness (QED) is 0.873. The Kier molecular flexibility index (Phi) is 5.15. The maximum absolute atomic E-state index is 12.0. The Balaban J connectivity index is 2.62. The SMILES string of the molecule is CCN(CC)C(=O)C(C)Nc1ccc(Cl)nn1. The van der Waals surface area contributed by atoms with Crippen LogP contribution in [0.3, 0.4) is 0 Å². The zero-order valence-corrected chi connectivity index (χ0v) is 11.0. The number of anilines is 1. The molecule has 5 nitrogen and oxygen atoms in total. The van der Waals surface area contributed by atoms with Gasteiger partial charge in [-0.05, 0) is 32.9 Å². The van der Waals surface area contributed by atoms with Gasteiger partial charge in [0.05, 0.1) is 0 Å². The molecular formula is C11H17ClN4O. The predicted octanol–water partition coefficient (Wildman–Crippen LogP) is 1.80. The average molecular weight is 257 g/mol. The topological polar surface area (TPSA) is 58.1 Å². The van der Waals surface area contributed by atoms with Gasteiger partial charge in [-0.15, -0.1) is 10.2 Å². The molecule has 94 valence electrons. The van der Waals surface area contributed by atoms with E-state index >= 15 is 0 Å². The van der Waals surface area contributed by atoms with Gasteiger partial charge in [0.2, 0.25) is 5.91 Å². The number of hydrogen-bond donors (Lipinski definition) is 1. The average Bonchev–Trinajstić information content (AvgIpc) is 2.33. The summed E-state index contributed by atoms with van der Waals surface area (Å²) in [5, 5.41) is 10.9. The van der Waals surface area contributed by atoms with E-state index in [-0.39, 0.29) is 11.9 Å². The molecule has 1 aromatic heterocycles. The van der Waals surface area contributed by atoms with Crippen LogP contribution < -0.4 is 5.32 Å². The highest BCUT2D eigenvalue weighted by Crippen LogP contribution is 2.08. The van der Waals surface area contributed by atoms with Crippen LogP contribution in [0.5, 0.6) is 0 Å². The molecule has 1 rings (SSSR count). The van der Waals surface area contributed by atoms with Gasteiger partial charge in [-0.25, -0.2) is 0 Å². The van der Waals surface area contributed by atoms with Gasteiger partial charge in [-0.3, -0.25) is 4.79 Å². The molecule has 0 fully saturated rings. The van der Waals surface area contributed by atoms with E-state index in [1.54, 1.807) is 24.0 Å². The van der Waals surface area contributed by atoms with Crippen LogP contribution in [0.1, 0.15) is 20.8 Å². The van der Waals surface area contributed by atoms with Crippen molar-refractivity contribution in [2.24, 2.45) is 0 Å². The number of carbonyl (C=O) groups excluding carboxylic acids is 1. The number of aromatic nitrogens is 2. The van der Waals surface area contributed by atoms with Crippen molar-refractivity contribution >= 4 is 23.3 Å². The first kappa shape index (κ1) is 13.7. The van der Waals surface area contributed by atoms with E-state index in [0.29, 0.717) is 24.1 Å². The van der Waals surface area contributed by atoms with Gasteiger partial charge < -0.3 is 10.2 Å². The van der Waals surface area contributed by atoms with Crippen molar-refractivity contribution in [3.63, 3.8) is 0 Å². The van der Waals surface area contributed by atoms with E-state index in [4.69, 9.17) is 11.6 Å². The molecule has 0 aromatic carbocycles. The smallest absolute Gasteiger partial charge is 0.244 e. The van der Waals surface area contributed by atoms with Crippen LogP contribution in [0.2, 0.25) is 5.15 Å². The van der Waals surface area contributed by atoms with Gasteiger partial charge in [0.15, 0.2) is 5.15 Å². The minimum Gasteiger partial charge on any atom is -0.357 e. The van der Waals surface area contributed by atoms with Crippen LogP contribution in [-0.2, 0) is 4.79 Å². The number of amides is 1. The summed E-state index contributed by atoms with van der Waals surface area (Å²) in [6.45, 7) is 7.12. The van der Waals surface area contributed by atoms with Crippen molar-refractivity contribution < 1.29 is 4.79 Å². The van der Waals surface area contributed by atoms with Crippen molar-refractivity contribution in [3.05, 3.63) is 17.3 Å². The first-order valence-electron chi connectivity index (χ1n) is 5.63. The number of halogens is 1. The molecule has 0 aliphatic carbocycles. The summed E-state index contributed by atoms with van der Waals surface area (Å²) in [6, 6.07) is 3.00. The van der Waals surface area contributed by atoms with Crippen molar-refractivity contribution in [2.75, 3.05) is 18.4 Å². The molecule has 0 spiro atoms. The monoisotopic (exact) mass is 256 g/mol. The molecule has 0 aliphatic heterocycles. The Bertz CT molecular complexity index is 364. The molecule has 1 N–H and O–H groups in total. The van der Waals surface area contributed by atoms with Crippen LogP contribution in [-0.4, -0.2) is 40.1 Å². The van der Waals surface area contributed by atoms with E-state index in [1.807, 2.05) is 13.8 Å². The lowest BCUT2D eigenvalue weighted by molar-refractivity contribution is -0.131. The summed E-state index contributed by atoms with van der Waals surface area (Å²) in [5.41, 5.74) is 0. The van der Waals surface area contributed by atoms with Crippen LogP contribution in [0.15, 0.2) is 12.1 Å². The molecule has 1 unspecified atom stereocenters. The highest BCUT2D eigenvalue weighted by atomic mass is 35.5. The molecule has 1 aromatic rings. The van der Waals surface area contributed by atoms with Crippen LogP contribution in [0.25, 0.3) is 0 Å². The minimum absolute atomic E-state index is 0.0479. The van der Waals surface area contributed by atoms with Crippen LogP contribution in [0.4, 0.5) is 5.82 Å². The molecular weight excluding hydrogens is 240 g/mol. The largest absolute Gasteiger partial charge is 0.357 e. The molecule has 1 amide bonds. The summed E-state index contributed by atoms with van der Waals surface area (Å²) < 4.78 is 0. The molecule has 1 heterocycles. The molecule has 0 radical (unpaired) electrons. The molecule has 0 saturated carbocycles. The van der Waals surface area contributed by atoms with Crippen molar-refractivity contribution in [1.82, 2.24) is 15.1 Å². The summed E-state index contributed by atoms with van der Waals surface area (Å²) in [5.74, 6) is 0.592. The molecule has 0 aliphatic rings. The normalized spacial score (nSPS) is 12.0. The van der Waals surface area contributed by atoms with E-state index in [0.717, 1.165) is 0 Å².